The third-order valence-electron chi connectivity index (χ3n) is 4.93. The van der Waals surface area contributed by atoms with Crippen molar-refractivity contribution in [2.45, 2.75) is 19.9 Å². The standard InChI is InChI=1S/C23H19BrN2O6S2/c1-3-31-22(30)19-12(2)25-23-26(20(19)16-5-4-8-33-16)21(29)17(34-23)10-13-6-7-15(14(24)9-13)32-11-18(27)28/h4-10,20H,3,11H2,1-2H3,(H,27,28)/b17-10+/t20-/m0/s1. The maximum atomic E-state index is 13.5. The summed E-state index contributed by atoms with van der Waals surface area (Å²) < 4.78 is 13.1. The Morgan fingerprint density at radius 1 is 1.32 bits per heavy atom. The van der Waals surface area contributed by atoms with Gasteiger partial charge in [0, 0.05) is 4.88 Å². The number of fused-ring (bicyclic) bond motifs is 1. The van der Waals surface area contributed by atoms with Gasteiger partial charge < -0.3 is 14.6 Å². The van der Waals surface area contributed by atoms with Gasteiger partial charge in [-0.15, -0.1) is 11.3 Å². The van der Waals surface area contributed by atoms with Gasteiger partial charge in [-0.3, -0.25) is 9.36 Å². The van der Waals surface area contributed by atoms with Crippen LogP contribution in [-0.4, -0.2) is 34.8 Å². The summed E-state index contributed by atoms with van der Waals surface area (Å²) in [5.41, 5.74) is 1.32. The number of hydrogen-bond acceptors (Lipinski definition) is 8. The Bertz CT molecular complexity index is 1470. The molecule has 1 N–H and O–H groups in total. The van der Waals surface area contributed by atoms with E-state index in [9.17, 15) is 14.4 Å². The van der Waals surface area contributed by atoms with Gasteiger partial charge in [0.25, 0.3) is 5.56 Å². The van der Waals surface area contributed by atoms with E-state index in [4.69, 9.17) is 14.6 Å². The Balaban J connectivity index is 1.81. The van der Waals surface area contributed by atoms with Crippen LogP contribution in [0.4, 0.5) is 0 Å². The van der Waals surface area contributed by atoms with Crippen LogP contribution in [0, 0.1) is 0 Å². The molecule has 3 aromatic rings. The molecule has 0 bridgehead atoms. The van der Waals surface area contributed by atoms with Crippen LogP contribution in [0.1, 0.15) is 30.3 Å². The van der Waals surface area contributed by atoms with Crippen LogP contribution in [0.3, 0.4) is 0 Å². The number of carbonyl (C=O) groups excluding carboxylic acids is 1. The molecule has 1 atom stereocenters. The van der Waals surface area contributed by atoms with Gasteiger partial charge in [0.2, 0.25) is 0 Å². The van der Waals surface area contributed by atoms with E-state index in [2.05, 4.69) is 20.9 Å². The number of thiophene rings is 1. The van der Waals surface area contributed by atoms with Gasteiger partial charge in [-0.2, -0.15) is 0 Å². The third-order valence-corrected chi connectivity index (χ3v) is 7.46. The van der Waals surface area contributed by atoms with E-state index in [1.807, 2.05) is 17.5 Å². The van der Waals surface area contributed by atoms with E-state index in [0.29, 0.717) is 36.4 Å². The number of nitrogens with zero attached hydrogens (tertiary/aromatic N) is 2. The molecule has 0 amide bonds. The fourth-order valence-electron chi connectivity index (χ4n) is 3.52. The molecule has 0 spiro atoms. The summed E-state index contributed by atoms with van der Waals surface area (Å²) in [6, 6.07) is 8.24. The van der Waals surface area contributed by atoms with Crippen LogP contribution < -0.4 is 19.6 Å². The highest BCUT2D eigenvalue weighted by molar-refractivity contribution is 9.10. The Labute approximate surface area is 210 Å². The minimum absolute atomic E-state index is 0.220. The molecule has 2 aromatic heterocycles. The average Bonchev–Trinajstić information content (AvgIpc) is 3.41. The van der Waals surface area contributed by atoms with Gasteiger partial charge in [0.05, 0.1) is 26.9 Å². The zero-order valence-corrected chi connectivity index (χ0v) is 21.3. The summed E-state index contributed by atoms with van der Waals surface area (Å²) >= 11 is 6.07. The van der Waals surface area contributed by atoms with E-state index < -0.39 is 24.6 Å². The number of aliphatic carboxylic acids is 1. The molecule has 176 valence electrons. The van der Waals surface area contributed by atoms with Crippen LogP contribution in [0.15, 0.2) is 61.2 Å². The molecule has 3 heterocycles. The largest absolute Gasteiger partial charge is 0.481 e. The molecule has 0 radical (unpaired) electrons. The zero-order valence-electron chi connectivity index (χ0n) is 18.1. The molecule has 4 rings (SSSR count). The van der Waals surface area contributed by atoms with Crippen molar-refractivity contribution in [2.24, 2.45) is 4.99 Å². The molecule has 34 heavy (non-hydrogen) atoms. The number of benzene rings is 1. The van der Waals surface area contributed by atoms with E-state index in [-0.39, 0.29) is 12.2 Å². The molecule has 0 unspecified atom stereocenters. The highest BCUT2D eigenvalue weighted by atomic mass is 79.9. The van der Waals surface area contributed by atoms with Crippen molar-refractivity contribution in [1.82, 2.24) is 4.57 Å². The fraction of sp³-hybridized carbons (Fsp3) is 0.217. The van der Waals surface area contributed by atoms with Gasteiger partial charge in [0.1, 0.15) is 11.8 Å². The molecule has 1 aliphatic rings. The number of rotatable bonds is 7. The van der Waals surface area contributed by atoms with Gasteiger partial charge in [-0.25, -0.2) is 14.6 Å². The van der Waals surface area contributed by atoms with Crippen molar-refractivity contribution in [3.05, 3.63) is 81.6 Å². The molecule has 0 saturated heterocycles. The highest BCUT2D eigenvalue weighted by Crippen LogP contribution is 2.33. The molecule has 0 saturated carbocycles. The Morgan fingerprint density at radius 2 is 2.12 bits per heavy atom. The second-order valence-electron chi connectivity index (χ2n) is 7.19. The summed E-state index contributed by atoms with van der Waals surface area (Å²) in [4.78, 5) is 42.9. The molecular weight excluding hydrogens is 544 g/mol. The molecular formula is C23H19BrN2O6S2. The second kappa shape index (κ2) is 10.1. The van der Waals surface area contributed by atoms with E-state index in [1.54, 1.807) is 42.7 Å². The van der Waals surface area contributed by atoms with E-state index >= 15 is 0 Å². The second-order valence-corrected chi connectivity index (χ2v) is 10.0. The molecule has 8 nitrogen and oxygen atoms in total. The van der Waals surface area contributed by atoms with Crippen molar-refractivity contribution in [3.63, 3.8) is 0 Å². The maximum Gasteiger partial charge on any atom is 0.341 e. The van der Waals surface area contributed by atoms with Crippen molar-refractivity contribution >= 4 is 56.6 Å². The first-order valence-corrected chi connectivity index (χ1v) is 12.7. The van der Waals surface area contributed by atoms with Crippen molar-refractivity contribution in [2.75, 3.05) is 13.2 Å². The van der Waals surface area contributed by atoms with Crippen LogP contribution in [0.25, 0.3) is 6.08 Å². The van der Waals surface area contributed by atoms with E-state index in [1.165, 1.54) is 22.7 Å². The quantitative estimate of drug-likeness (QED) is 0.443. The number of allylic oxidation sites excluding steroid dienone is 1. The van der Waals surface area contributed by atoms with Gasteiger partial charge in [0.15, 0.2) is 11.4 Å². The number of carboxylic acid groups (broad SMARTS) is 1. The molecule has 1 aliphatic heterocycles. The highest BCUT2D eigenvalue weighted by Gasteiger charge is 2.33. The minimum atomic E-state index is -1.07. The third kappa shape index (κ3) is 4.77. The molecule has 0 aliphatic carbocycles. The van der Waals surface area contributed by atoms with Gasteiger partial charge in [-0.05, 0) is 65.0 Å². The predicted octanol–water partition coefficient (Wildman–Crippen LogP) is 3.09. The monoisotopic (exact) mass is 562 g/mol. The average molecular weight is 563 g/mol. The number of halogens is 1. The predicted molar refractivity (Wildman–Crippen MR) is 132 cm³/mol. The Morgan fingerprint density at radius 3 is 2.76 bits per heavy atom. The first kappa shape index (κ1) is 24.1. The molecule has 1 aromatic carbocycles. The summed E-state index contributed by atoms with van der Waals surface area (Å²) in [5.74, 6) is -1.18. The Hall–Kier alpha value is -3.02. The number of aromatic nitrogens is 1. The number of thiazole rings is 1. The van der Waals surface area contributed by atoms with E-state index in [0.717, 1.165) is 4.88 Å². The van der Waals surface area contributed by atoms with Crippen LogP contribution in [-0.2, 0) is 14.3 Å². The topological polar surface area (TPSA) is 107 Å². The number of carboxylic acids is 1. The SMILES string of the molecule is CCOC(=O)C1=C(C)N=c2s/c(=C/c3ccc(OCC(=O)O)c(Br)c3)c(=O)n2[C@H]1c1cccs1. The summed E-state index contributed by atoms with van der Waals surface area (Å²) in [7, 11) is 0. The Kier molecular flexibility index (Phi) is 7.15. The van der Waals surface area contributed by atoms with Crippen LogP contribution >= 0.6 is 38.6 Å². The lowest BCUT2D eigenvalue weighted by Crippen LogP contribution is -2.39. The molecule has 0 fully saturated rings. The first-order valence-electron chi connectivity index (χ1n) is 10.2. The lowest BCUT2D eigenvalue weighted by Gasteiger charge is -2.23. The molecule has 11 heteroatoms. The lowest BCUT2D eigenvalue weighted by atomic mass is 10.0. The first-order chi connectivity index (χ1) is 16.3. The van der Waals surface area contributed by atoms with Crippen LogP contribution in [0.5, 0.6) is 5.75 Å². The maximum absolute atomic E-state index is 13.5. The smallest absolute Gasteiger partial charge is 0.341 e. The number of esters is 1. The summed E-state index contributed by atoms with van der Waals surface area (Å²) in [6.45, 7) is 3.25. The van der Waals surface area contributed by atoms with Crippen molar-refractivity contribution < 1.29 is 24.2 Å². The zero-order chi connectivity index (χ0) is 24.4. The van der Waals surface area contributed by atoms with Gasteiger partial charge >= 0.3 is 11.9 Å². The fourth-order valence-corrected chi connectivity index (χ4v) is 5.90. The normalized spacial score (nSPS) is 15.6. The summed E-state index contributed by atoms with van der Waals surface area (Å²) in [5, 5.41) is 10.7. The lowest BCUT2D eigenvalue weighted by molar-refractivity contribution is -0.140. The van der Waals surface area contributed by atoms with Crippen LogP contribution in [0.2, 0.25) is 0 Å². The summed E-state index contributed by atoms with van der Waals surface area (Å²) in [6.07, 6.45) is 1.73. The minimum Gasteiger partial charge on any atom is -0.481 e. The van der Waals surface area contributed by atoms with Crippen molar-refractivity contribution in [3.8, 4) is 5.75 Å². The number of carbonyl (C=O) groups is 2. The number of hydrogen-bond donors (Lipinski definition) is 1. The van der Waals surface area contributed by atoms with Crippen molar-refractivity contribution in [1.29, 1.82) is 0 Å². The number of ether oxygens (including phenoxy) is 2. The van der Waals surface area contributed by atoms with Gasteiger partial charge in [-0.1, -0.05) is 23.5 Å².